The lowest BCUT2D eigenvalue weighted by Gasteiger charge is -2.29. The monoisotopic (exact) mass is 321 g/mol. The van der Waals surface area contributed by atoms with Crippen LogP contribution in [0.25, 0.3) is 5.57 Å². The van der Waals surface area contributed by atoms with Gasteiger partial charge in [0.05, 0.1) is 0 Å². The summed E-state index contributed by atoms with van der Waals surface area (Å²) in [6.07, 6.45) is 3.16. The highest BCUT2D eigenvalue weighted by atomic mass is 35.5. The smallest absolute Gasteiger partial charge is 0.410 e. The Bertz CT molecular complexity index is 617. The Morgan fingerprint density at radius 2 is 2.09 bits per heavy atom. The van der Waals surface area contributed by atoms with Gasteiger partial charge in [-0.1, -0.05) is 29.8 Å². The zero-order chi connectivity index (χ0) is 16.3. The molecule has 1 amide bonds. The Morgan fingerprint density at radius 1 is 1.36 bits per heavy atom. The molecule has 0 spiro atoms. The van der Waals surface area contributed by atoms with Crippen LogP contribution in [-0.4, -0.2) is 36.0 Å². The fourth-order valence-electron chi connectivity index (χ4n) is 2.27. The van der Waals surface area contributed by atoms with Crippen molar-refractivity contribution in [1.82, 2.24) is 4.90 Å². The summed E-state index contributed by atoms with van der Waals surface area (Å²) in [5.41, 5.74) is 2.06. The van der Waals surface area contributed by atoms with Crippen molar-refractivity contribution in [2.75, 3.05) is 13.1 Å². The molecular weight excluding hydrogens is 302 g/mol. The molecule has 0 saturated carbocycles. The third-order valence-corrected chi connectivity index (χ3v) is 3.65. The van der Waals surface area contributed by atoms with Gasteiger partial charge in [-0.15, -0.1) is 0 Å². The molecule has 0 bridgehead atoms. The van der Waals surface area contributed by atoms with Crippen molar-refractivity contribution in [3.8, 4) is 0 Å². The van der Waals surface area contributed by atoms with Crippen LogP contribution in [0.1, 0.15) is 43.1 Å². The first-order valence-corrected chi connectivity index (χ1v) is 7.60. The van der Waals surface area contributed by atoms with Crippen molar-refractivity contribution in [3.05, 3.63) is 40.4 Å². The van der Waals surface area contributed by atoms with Gasteiger partial charge >= 0.3 is 6.09 Å². The maximum atomic E-state index is 12.0. The molecule has 118 valence electrons. The van der Waals surface area contributed by atoms with E-state index in [1.54, 1.807) is 17.0 Å². The Hall–Kier alpha value is -1.81. The lowest BCUT2D eigenvalue weighted by Crippen LogP contribution is -2.39. The lowest BCUT2D eigenvalue weighted by atomic mass is 9.98. The highest BCUT2D eigenvalue weighted by Crippen LogP contribution is 2.29. The number of amides is 1. The molecule has 0 unspecified atom stereocenters. The molecule has 1 aromatic carbocycles. The second-order valence-corrected chi connectivity index (χ2v) is 6.67. The summed E-state index contributed by atoms with van der Waals surface area (Å²) in [5.74, 6) is 0. The van der Waals surface area contributed by atoms with E-state index in [4.69, 9.17) is 16.3 Å². The Balaban J connectivity index is 2.08. The number of aldehydes is 1. The number of halogens is 1. The fraction of sp³-hybridized carbons (Fsp3) is 0.412. The van der Waals surface area contributed by atoms with E-state index in [1.165, 1.54) is 0 Å². The van der Waals surface area contributed by atoms with Crippen LogP contribution in [0.5, 0.6) is 0 Å². The van der Waals surface area contributed by atoms with E-state index in [0.717, 1.165) is 17.4 Å². The highest BCUT2D eigenvalue weighted by Gasteiger charge is 2.24. The molecule has 0 N–H and O–H groups in total. The number of benzene rings is 1. The van der Waals surface area contributed by atoms with Gasteiger partial charge in [0.25, 0.3) is 0 Å². The van der Waals surface area contributed by atoms with E-state index < -0.39 is 5.60 Å². The van der Waals surface area contributed by atoms with Crippen molar-refractivity contribution in [1.29, 1.82) is 0 Å². The van der Waals surface area contributed by atoms with Crippen molar-refractivity contribution < 1.29 is 14.3 Å². The molecule has 0 atom stereocenters. The summed E-state index contributed by atoms with van der Waals surface area (Å²) in [7, 11) is 0. The number of rotatable bonds is 2. The van der Waals surface area contributed by atoms with E-state index in [-0.39, 0.29) is 6.09 Å². The fourth-order valence-corrected chi connectivity index (χ4v) is 2.58. The molecule has 5 heteroatoms. The molecule has 1 heterocycles. The van der Waals surface area contributed by atoms with Gasteiger partial charge in [-0.2, -0.15) is 0 Å². The van der Waals surface area contributed by atoms with Gasteiger partial charge in [0, 0.05) is 23.7 Å². The van der Waals surface area contributed by atoms with Crippen LogP contribution >= 0.6 is 11.6 Å². The van der Waals surface area contributed by atoms with Crippen molar-refractivity contribution in [2.45, 2.75) is 32.8 Å². The number of nitrogens with zero attached hydrogens (tertiary/aromatic N) is 1. The molecule has 2 rings (SSSR count). The predicted molar refractivity (Wildman–Crippen MR) is 87.2 cm³/mol. The third-order valence-electron chi connectivity index (χ3n) is 3.34. The van der Waals surface area contributed by atoms with E-state index in [2.05, 4.69) is 0 Å². The molecule has 4 nitrogen and oxygen atoms in total. The highest BCUT2D eigenvalue weighted by molar-refractivity contribution is 6.32. The Kier molecular flexibility index (Phi) is 4.91. The van der Waals surface area contributed by atoms with E-state index in [0.29, 0.717) is 30.1 Å². The van der Waals surface area contributed by atoms with Crippen LogP contribution in [-0.2, 0) is 4.74 Å². The number of ether oxygens (including phenoxy) is 1. The van der Waals surface area contributed by atoms with Crippen molar-refractivity contribution in [3.63, 3.8) is 0 Å². The summed E-state index contributed by atoms with van der Waals surface area (Å²) in [5, 5.41) is 0.557. The van der Waals surface area contributed by atoms with Crippen molar-refractivity contribution in [2.24, 2.45) is 0 Å². The average molecular weight is 322 g/mol. The molecule has 1 aliphatic heterocycles. The van der Waals surface area contributed by atoms with Gasteiger partial charge in [0.1, 0.15) is 11.9 Å². The first kappa shape index (κ1) is 16.6. The van der Waals surface area contributed by atoms with Gasteiger partial charge in [-0.3, -0.25) is 4.79 Å². The molecular formula is C17H20ClNO3. The molecule has 0 fully saturated rings. The maximum Gasteiger partial charge on any atom is 0.410 e. The van der Waals surface area contributed by atoms with Gasteiger partial charge < -0.3 is 9.64 Å². The third kappa shape index (κ3) is 4.10. The zero-order valence-corrected chi connectivity index (χ0v) is 13.8. The summed E-state index contributed by atoms with van der Waals surface area (Å²) in [4.78, 5) is 24.4. The summed E-state index contributed by atoms with van der Waals surface area (Å²) in [6, 6.07) is 5.25. The average Bonchev–Trinajstić information content (AvgIpc) is 2.45. The largest absolute Gasteiger partial charge is 0.444 e. The summed E-state index contributed by atoms with van der Waals surface area (Å²) >= 11 is 6.22. The molecule has 0 aliphatic carbocycles. The van der Waals surface area contributed by atoms with Gasteiger partial charge in [0.15, 0.2) is 0 Å². The van der Waals surface area contributed by atoms with Crippen LogP contribution in [0.4, 0.5) is 4.79 Å². The molecule has 1 aromatic rings. The van der Waals surface area contributed by atoms with Gasteiger partial charge in [-0.05, 0) is 44.4 Å². The zero-order valence-electron chi connectivity index (χ0n) is 13.1. The topological polar surface area (TPSA) is 46.6 Å². The van der Waals surface area contributed by atoms with Crippen LogP contribution in [0.3, 0.4) is 0 Å². The molecule has 0 aromatic heterocycles. The van der Waals surface area contributed by atoms with E-state index >= 15 is 0 Å². The molecule has 1 aliphatic rings. The normalized spacial score (nSPS) is 15.3. The molecule has 0 radical (unpaired) electrons. The lowest BCUT2D eigenvalue weighted by molar-refractivity contribution is 0.0270. The SMILES string of the molecule is CC(C)(C)OC(=O)N1CC=C(c2ccc(C=O)cc2Cl)CC1. The Morgan fingerprint density at radius 3 is 2.59 bits per heavy atom. The standard InChI is InChI=1S/C17H20ClNO3/c1-17(2,3)22-16(21)19-8-6-13(7-9-19)14-5-4-12(11-20)10-15(14)18/h4-6,10-11H,7-9H2,1-3H3. The Labute approximate surface area is 135 Å². The minimum atomic E-state index is -0.491. The minimum Gasteiger partial charge on any atom is -0.444 e. The first-order valence-electron chi connectivity index (χ1n) is 7.22. The predicted octanol–water partition coefficient (Wildman–Crippen LogP) is 4.18. The van der Waals surface area contributed by atoms with Gasteiger partial charge in [0.2, 0.25) is 0 Å². The minimum absolute atomic E-state index is 0.301. The quantitative estimate of drug-likeness (QED) is 0.768. The number of carbonyl (C=O) groups is 2. The second kappa shape index (κ2) is 6.53. The van der Waals surface area contributed by atoms with Crippen LogP contribution in [0.15, 0.2) is 24.3 Å². The molecule has 22 heavy (non-hydrogen) atoms. The van der Waals surface area contributed by atoms with E-state index in [1.807, 2.05) is 32.9 Å². The number of carbonyl (C=O) groups excluding carboxylic acids is 2. The molecule has 0 saturated heterocycles. The van der Waals surface area contributed by atoms with Crippen molar-refractivity contribution >= 4 is 29.6 Å². The maximum absolute atomic E-state index is 12.0. The second-order valence-electron chi connectivity index (χ2n) is 6.26. The summed E-state index contributed by atoms with van der Waals surface area (Å²) in [6.45, 7) is 6.64. The van der Waals surface area contributed by atoms with E-state index in [9.17, 15) is 9.59 Å². The van der Waals surface area contributed by atoms with Crippen LogP contribution < -0.4 is 0 Å². The van der Waals surface area contributed by atoms with Crippen LogP contribution in [0, 0.1) is 0 Å². The number of hydrogen-bond acceptors (Lipinski definition) is 3. The van der Waals surface area contributed by atoms with Crippen LogP contribution in [0.2, 0.25) is 5.02 Å². The number of hydrogen-bond donors (Lipinski definition) is 0. The van der Waals surface area contributed by atoms with Gasteiger partial charge in [-0.25, -0.2) is 4.79 Å². The first-order chi connectivity index (χ1) is 10.3. The summed E-state index contributed by atoms with van der Waals surface area (Å²) < 4.78 is 5.36.